The normalized spacial score (nSPS) is 13.8. The van der Waals surface area contributed by atoms with Crippen molar-refractivity contribution in [1.29, 1.82) is 0 Å². The molecular weight excluding hydrogens is 290 g/mol. The highest BCUT2D eigenvalue weighted by Gasteiger charge is 2.23. The van der Waals surface area contributed by atoms with Crippen LogP contribution in [0.15, 0.2) is 39.3 Å². The van der Waals surface area contributed by atoms with Crippen LogP contribution >= 0.6 is 0 Å². The van der Waals surface area contributed by atoms with Crippen LogP contribution in [-0.2, 0) is 12.0 Å². The van der Waals surface area contributed by atoms with Crippen LogP contribution in [0.3, 0.4) is 0 Å². The van der Waals surface area contributed by atoms with Gasteiger partial charge in [-0.05, 0) is 26.1 Å². The van der Waals surface area contributed by atoms with Crippen LogP contribution in [0.1, 0.15) is 51.2 Å². The largest absolute Gasteiger partial charge is 0.459 e. The van der Waals surface area contributed by atoms with Gasteiger partial charge >= 0.3 is 0 Å². The number of aromatic nitrogens is 2. The highest BCUT2D eigenvalue weighted by molar-refractivity contribution is 5.77. The first-order chi connectivity index (χ1) is 10.8. The SMILES string of the molecule is C[C@@H](c1cc2ccccc2o1)N(C)Cc1noc(C(C)(C)C)n1. The van der Waals surface area contributed by atoms with E-state index in [-0.39, 0.29) is 11.5 Å². The number of nitrogens with zero attached hydrogens (tertiary/aromatic N) is 3. The van der Waals surface area contributed by atoms with E-state index in [0.717, 1.165) is 16.7 Å². The Labute approximate surface area is 136 Å². The molecule has 0 fully saturated rings. The monoisotopic (exact) mass is 313 g/mol. The second kappa shape index (κ2) is 5.81. The molecule has 23 heavy (non-hydrogen) atoms. The maximum Gasteiger partial charge on any atom is 0.232 e. The summed E-state index contributed by atoms with van der Waals surface area (Å²) in [6.07, 6.45) is 0. The fraction of sp³-hybridized carbons (Fsp3) is 0.444. The van der Waals surface area contributed by atoms with Crippen LogP contribution in [-0.4, -0.2) is 22.1 Å². The lowest BCUT2D eigenvalue weighted by molar-refractivity contribution is 0.218. The van der Waals surface area contributed by atoms with Gasteiger partial charge in [0, 0.05) is 10.8 Å². The van der Waals surface area contributed by atoms with E-state index >= 15 is 0 Å². The number of rotatable bonds is 4. The van der Waals surface area contributed by atoms with Gasteiger partial charge in [-0.15, -0.1) is 0 Å². The number of benzene rings is 1. The van der Waals surface area contributed by atoms with Gasteiger partial charge in [0.25, 0.3) is 0 Å². The van der Waals surface area contributed by atoms with Crippen molar-refractivity contribution in [3.8, 4) is 0 Å². The molecule has 0 unspecified atom stereocenters. The fourth-order valence-electron chi connectivity index (χ4n) is 2.41. The van der Waals surface area contributed by atoms with Crippen LogP contribution in [0.2, 0.25) is 0 Å². The number of fused-ring (bicyclic) bond motifs is 1. The molecule has 0 amide bonds. The van der Waals surface area contributed by atoms with E-state index in [9.17, 15) is 0 Å². The van der Waals surface area contributed by atoms with E-state index in [2.05, 4.69) is 54.9 Å². The Balaban J connectivity index is 1.74. The first kappa shape index (κ1) is 15.7. The Morgan fingerprint density at radius 2 is 1.96 bits per heavy atom. The van der Waals surface area contributed by atoms with Crippen LogP contribution in [0.25, 0.3) is 11.0 Å². The van der Waals surface area contributed by atoms with Crippen molar-refractivity contribution in [3.63, 3.8) is 0 Å². The van der Waals surface area contributed by atoms with Gasteiger partial charge in [-0.3, -0.25) is 4.90 Å². The van der Waals surface area contributed by atoms with Crippen LogP contribution < -0.4 is 0 Å². The van der Waals surface area contributed by atoms with E-state index in [0.29, 0.717) is 18.3 Å². The molecule has 3 rings (SSSR count). The predicted octanol–water partition coefficient (Wildman–Crippen LogP) is 4.31. The lowest BCUT2D eigenvalue weighted by Crippen LogP contribution is -2.22. The Morgan fingerprint density at radius 3 is 2.61 bits per heavy atom. The van der Waals surface area contributed by atoms with Crippen molar-refractivity contribution in [2.45, 2.75) is 45.7 Å². The van der Waals surface area contributed by atoms with Gasteiger partial charge in [0.2, 0.25) is 5.89 Å². The lowest BCUT2D eigenvalue weighted by Gasteiger charge is -2.21. The average molecular weight is 313 g/mol. The van der Waals surface area contributed by atoms with Crippen molar-refractivity contribution >= 4 is 11.0 Å². The van der Waals surface area contributed by atoms with Crippen molar-refractivity contribution in [2.75, 3.05) is 7.05 Å². The summed E-state index contributed by atoms with van der Waals surface area (Å²) in [7, 11) is 2.03. The van der Waals surface area contributed by atoms with E-state index in [1.165, 1.54) is 0 Å². The molecule has 0 aliphatic rings. The van der Waals surface area contributed by atoms with E-state index in [4.69, 9.17) is 8.94 Å². The molecule has 0 bridgehead atoms. The number of para-hydroxylation sites is 1. The minimum absolute atomic E-state index is 0.124. The molecule has 5 nitrogen and oxygen atoms in total. The lowest BCUT2D eigenvalue weighted by atomic mass is 9.97. The molecule has 5 heteroatoms. The highest BCUT2D eigenvalue weighted by atomic mass is 16.5. The third-order valence-electron chi connectivity index (χ3n) is 4.02. The number of hydrogen-bond acceptors (Lipinski definition) is 5. The summed E-state index contributed by atoms with van der Waals surface area (Å²) in [6, 6.07) is 10.3. The molecule has 0 radical (unpaired) electrons. The van der Waals surface area contributed by atoms with Gasteiger partial charge in [-0.2, -0.15) is 4.98 Å². The molecule has 0 saturated carbocycles. The van der Waals surface area contributed by atoms with E-state index in [1.807, 2.05) is 25.2 Å². The van der Waals surface area contributed by atoms with Crippen molar-refractivity contribution in [2.24, 2.45) is 0 Å². The summed E-state index contributed by atoms with van der Waals surface area (Å²) >= 11 is 0. The minimum Gasteiger partial charge on any atom is -0.459 e. The molecule has 0 aliphatic carbocycles. The first-order valence-corrected chi connectivity index (χ1v) is 7.86. The van der Waals surface area contributed by atoms with Crippen molar-refractivity contribution in [3.05, 3.63) is 47.8 Å². The fourth-order valence-corrected chi connectivity index (χ4v) is 2.41. The zero-order valence-corrected chi connectivity index (χ0v) is 14.3. The van der Waals surface area contributed by atoms with Crippen LogP contribution in [0, 0.1) is 0 Å². The highest BCUT2D eigenvalue weighted by Crippen LogP contribution is 2.27. The molecule has 0 spiro atoms. The minimum atomic E-state index is -0.131. The van der Waals surface area contributed by atoms with E-state index in [1.54, 1.807) is 0 Å². The summed E-state index contributed by atoms with van der Waals surface area (Å²) < 4.78 is 11.3. The molecule has 0 N–H and O–H groups in total. The van der Waals surface area contributed by atoms with Gasteiger partial charge in [-0.25, -0.2) is 0 Å². The first-order valence-electron chi connectivity index (χ1n) is 7.86. The van der Waals surface area contributed by atoms with Crippen molar-refractivity contribution < 1.29 is 8.94 Å². The van der Waals surface area contributed by atoms with Gasteiger partial charge in [0.15, 0.2) is 5.82 Å². The third-order valence-corrected chi connectivity index (χ3v) is 4.02. The Kier molecular flexibility index (Phi) is 3.98. The topological polar surface area (TPSA) is 55.3 Å². The molecule has 0 aliphatic heterocycles. The Hall–Kier alpha value is -2.14. The van der Waals surface area contributed by atoms with Gasteiger partial charge < -0.3 is 8.94 Å². The summed E-state index contributed by atoms with van der Waals surface area (Å²) in [5.74, 6) is 2.30. The molecule has 2 heterocycles. The standard InChI is InChI=1S/C18H23N3O2/c1-12(15-10-13-8-6-7-9-14(13)22-15)21(5)11-16-19-17(23-20-16)18(2,3)4/h6-10,12H,11H2,1-5H3/t12-/m0/s1. The summed E-state index contributed by atoms with van der Waals surface area (Å²) in [5.41, 5.74) is 0.783. The van der Waals surface area contributed by atoms with Gasteiger partial charge in [-0.1, -0.05) is 44.1 Å². The predicted molar refractivity (Wildman–Crippen MR) is 89.1 cm³/mol. The van der Waals surface area contributed by atoms with Crippen LogP contribution in [0.5, 0.6) is 0 Å². The zero-order valence-electron chi connectivity index (χ0n) is 14.3. The molecule has 0 saturated heterocycles. The second-order valence-electron chi connectivity index (χ2n) is 7.04. The maximum atomic E-state index is 5.94. The Bertz CT molecular complexity index is 765. The smallest absolute Gasteiger partial charge is 0.232 e. The van der Waals surface area contributed by atoms with Gasteiger partial charge in [0.05, 0.1) is 12.6 Å². The molecule has 1 atom stereocenters. The average Bonchev–Trinajstić information content (AvgIpc) is 3.11. The zero-order chi connectivity index (χ0) is 16.6. The molecular formula is C18H23N3O2. The molecule has 122 valence electrons. The summed E-state index contributed by atoms with van der Waals surface area (Å²) in [4.78, 5) is 6.64. The van der Waals surface area contributed by atoms with Crippen LogP contribution in [0.4, 0.5) is 0 Å². The second-order valence-corrected chi connectivity index (χ2v) is 7.04. The molecule has 1 aromatic carbocycles. The molecule has 3 aromatic rings. The number of hydrogen-bond donors (Lipinski definition) is 0. The Morgan fingerprint density at radius 1 is 1.22 bits per heavy atom. The molecule has 2 aromatic heterocycles. The van der Waals surface area contributed by atoms with Gasteiger partial charge in [0.1, 0.15) is 11.3 Å². The quantitative estimate of drug-likeness (QED) is 0.718. The van der Waals surface area contributed by atoms with Crippen molar-refractivity contribution in [1.82, 2.24) is 15.0 Å². The maximum absolute atomic E-state index is 5.94. The van der Waals surface area contributed by atoms with E-state index < -0.39 is 0 Å². The number of furan rings is 1. The summed E-state index contributed by atoms with van der Waals surface area (Å²) in [5, 5.41) is 5.21. The third kappa shape index (κ3) is 3.29. The summed E-state index contributed by atoms with van der Waals surface area (Å²) in [6.45, 7) is 8.90.